The van der Waals surface area contributed by atoms with Gasteiger partial charge in [-0.15, -0.1) is 0 Å². The molecule has 1 unspecified atom stereocenters. The molecule has 2 N–H and O–H groups in total. The summed E-state index contributed by atoms with van der Waals surface area (Å²) in [7, 11) is 3.94. The molecule has 0 aliphatic carbocycles. The van der Waals surface area contributed by atoms with Crippen LogP contribution in [0.4, 0.5) is 0 Å². The quantitative estimate of drug-likeness (QED) is 0.779. The van der Waals surface area contributed by atoms with E-state index >= 15 is 0 Å². The summed E-state index contributed by atoms with van der Waals surface area (Å²) in [6.45, 7) is 2.34. The third-order valence-corrected chi connectivity index (χ3v) is 4.56. The van der Waals surface area contributed by atoms with Crippen LogP contribution in [0.3, 0.4) is 0 Å². The monoisotopic (exact) mass is 355 g/mol. The number of likely N-dealkylation sites (tertiary alicyclic amines) is 1. The number of hydrogen-bond donors (Lipinski definition) is 2. The first-order chi connectivity index (χ1) is 12.5. The summed E-state index contributed by atoms with van der Waals surface area (Å²) in [6, 6.07) is 11.8. The molecule has 1 atom stereocenters. The van der Waals surface area contributed by atoms with Crippen molar-refractivity contribution in [1.82, 2.24) is 25.3 Å². The molecule has 1 fully saturated rings. The summed E-state index contributed by atoms with van der Waals surface area (Å²) in [6.07, 6.45) is 0.289. The largest absolute Gasteiger partial charge is 0.350 e. The molecule has 0 bridgehead atoms. The molecular formula is C19H25N5O2. The third kappa shape index (κ3) is 4.49. The normalized spacial score (nSPS) is 17.1. The zero-order valence-corrected chi connectivity index (χ0v) is 15.2. The summed E-state index contributed by atoms with van der Waals surface area (Å²) in [4.78, 5) is 28.2. The average Bonchev–Trinajstić information content (AvgIpc) is 3.25. The van der Waals surface area contributed by atoms with E-state index in [2.05, 4.69) is 15.5 Å². The van der Waals surface area contributed by atoms with E-state index in [1.807, 2.05) is 55.4 Å². The Morgan fingerprint density at radius 3 is 2.85 bits per heavy atom. The van der Waals surface area contributed by atoms with Crippen molar-refractivity contribution in [2.24, 2.45) is 5.92 Å². The first-order valence-electron chi connectivity index (χ1n) is 8.83. The molecule has 1 aliphatic rings. The van der Waals surface area contributed by atoms with Gasteiger partial charge in [-0.05, 0) is 20.2 Å². The molecule has 0 saturated carbocycles. The van der Waals surface area contributed by atoms with Crippen molar-refractivity contribution >= 4 is 11.8 Å². The zero-order chi connectivity index (χ0) is 18.5. The van der Waals surface area contributed by atoms with Crippen molar-refractivity contribution in [2.75, 3.05) is 33.7 Å². The van der Waals surface area contributed by atoms with E-state index in [1.54, 1.807) is 4.90 Å². The van der Waals surface area contributed by atoms with Crippen LogP contribution in [0.2, 0.25) is 0 Å². The number of nitrogens with zero attached hydrogens (tertiary/aromatic N) is 3. The number of aromatic nitrogens is 2. The number of hydrogen-bond acceptors (Lipinski definition) is 4. The van der Waals surface area contributed by atoms with Crippen LogP contribution in [0.15, 0.2) is 36.4 Å². The summed E-state index contributed by atoms with van der Waals surface area (Å²) in [5.41, 5.74) is 2.71. The van der Waals surface area contributed by atoms with Crippen molar-refractivity contribution < 1.29 is 9.59 Å². The average molecular weight is 355 g/mol. The lowest BCUT2D eigenvalue weighted by Gasteiger charge is -2.19. The second-order valence-electron chi connectivity index (χ2n) is 6.91. The van der Waals surface area contributed by atoms with Crippen molar-refractivity contribution in [3.05, 3.63) is 42.1 Å². The molecule has 2 amide bonds. The Morgan fingerprint density at radius 2 is 2.12 bits per heavy atom. The molecule has 2 aromatic rings. The summed E-state index contributed by atoms with van der Waals surface area (Å²) < 4.78 is 0. The fraction of sp³-hybridized carbons (Fsp3) is 0.421. The van der Waals surface area contributed by atoms with Crippen LogP contribution in [0.5, 0.6) is 0 Å². The molecule has 1 aliphatic heterocycles. The zero-order valence-electron chi connectivity index (χ0n) is 15.2. The number of amides is 2. The summed E-state index contributed by atoms with van der Waals surface area (Å²) >= 11 is 0. The number of rotatable bonds is 7. The molecule has 7 nitrogen and oxygen atoms in total. The predicted octanol–water partition coefficient (Wildman–Crippen LogP) is 1.10. The smallest absolute Gasteiger partial charge is 0.225 e. The number of nitrogens with one attached hydrogen (secondary N) is 2. The second kappa shape index (κ2) is 8.14. The van der Waals surface area contributed by atoms with E-state index in [0.29, 0.717) is 19.6 Å². The SMILES string of the molecule is CN(C)CCN1CC(C(=O)NCc2cc(-c3ccccc3)n[nH]2)CC1=O. The Bertz CT molecular complexity index is 756. The lowest BCUT2D eigenvalue weighted by Crippen LogP contribution is -2.35. The summed E-state index contributed by atoms with van der Waals surface area (Å²) in [5, 5.41) is 10.1. The van der Waals surface area contributed by atoms with Gasteiger partial charge in [0.25, 0.3) is 0 Å². The fourth-order valence-electron chi connectivity index (χ4n) is 3.02. The number of benzene rings is 1. The van der Waals surface area contributed by atoms with E-state index in [1.165, 1.54) is 0 Å². The van der Waals surface area contributed by atoms with Gasteiger partial charge in [-0.3, -0.25) is 14.7 Å². The van der Waals surface area contributed by atoms with Gasteiger partial charge in [0, 0.05) is 31.6 Å². The first kappa shape index (κ1) is 18.1. The van der Waals surface area contributed by atoms with Gasteiger partial charge in [-0.1, -0.05) is 30.3 Å². The Labute approximate surface area is 153 Å². The van der Waals surface area contributed by atoms with Gasteiger partial charge in [0.2, 0.25) is 11.8 Å². The minimum absolute atomic E-state index is 0.0555. The molecule has 1 aromatic carbocycles. The standard InChI is InChI=1S/C19H25N5O2/c1-23(2)8-9-24-13-15(10-18(24)25)19(26)20-12-16-11-17(22-21-16)14-6-4-3-5-7-14/h3-7,11,15H,8-10,12-13H2,1-2H3,(H,20,26)(H,21,22). The van der Waals surface area contributed by atoms with Gasteiger partial charge in [0.15, 0.2) is 0 Å². The second-order valence-corrected chi connectivity index (χ2v) is 6.91. The molecule has 2 heterocycles. The molecular weight excluding hydrogens is 330 g/mol. The fourth-order valence-corrected chi connectivity index (χ4v) is 3.02. The Morgan fingerprint density at radius 1 is 1.35 bits per heavy atom. The molecule has 1 aromatic heterocycles. The highest BCUT2D eigenvalue weighted by Gasteiger charge is 2.33. The molecule has 3 rings (SSSR count). The van der Waals surface area contributed by atoms with Gasteiger partial charge in [0.1, 0.15) is 0 Å². The maximum absolute atomic E-state index is 12.4. The van der Waals surface area contributed by atoms with Crippen molar-refractivity contribution in [3.8, 4) is 11.3 Å². The molecule has 0 radical (unpaired) electrons. The number of carbonyl (C=O) groups excluding carboxylic acids is 2. The molecule has 138 valence electrons. The highest BCUT2D eigenvalue weighted by atomic mass is 16.2. The Hall–Kier alpha value is -2.67. The maximum Gasteiger partial charge on any atom is 0.225 e. The van der Waals surface area contributed by atoms with Crippen LogP contribution in [0, 0.1) is 5.92 Å². The van der Waals surface area contributed by atoms with Crippen LogP contribution in [-0.4, -0.2) is 65.5 Å². The molecule has 1 saturated heterocycles. The van der Waals surface area contributed by atoms with Crippen LogP contribution in [0.25, 0.3) is 11.3 Å². The number of H-pyrrole nitrogens is 1. The topological polar surface area (TPSA) is 81.3 Å². The lowest BCUT2D eigenvalue weighted by molar-refractivity contribution is -0.129. The first-order valence-corrected chi connectivity index (χ1v) is 8.83. The van der Waals surface area contributed by atoms with Crippen LogP contribution in [0.1, 0.15) is 12.1 Å². The maximum atomic E-state index is 12.4. The van der Waals surface area contributed by atoms with Crippen molar-refractivity contribution in [3.63, 3.8) is 0 Å². The number of likely N-dealkylation sites (N-methyl/N-ethyl adjacent to an activating group) is 1. The van der Waals surface area contributed by atoms with E-state index in [4.69, 9.17) is 0 Å². The Balaban J connectivity index is 1.50. The van der Waals surface area contributed by atoms with Crippen molar-refractivity contribution in [1.29, 1.82) is 0 Å². The number of carbonyl (C=O) groups is 2. The highest BCUT2D eigenvalue weighted by molar-refractivity contribution is 5.89. The van der Waals surface area contributed by atoms with E-state index in [-0.39, 0.29) is 24.2 Å². The molecule has 0 spiro atoms. The van der Waals surface area contributed by atoms with Crippen LogP contribution in [-0.2, 0) is 16.1 Å². The number of aromatic amines is 1. The predicted molar refractivity (Wildman–Crippen MR) is 99.1 cm³/mol. The summed E-state index contributed by atoms with van der Waals surface area (Å²) in [5.74, 6) is -0.303. The van der Waals surface area contributed by atoms with E-state index in [0.717, 1.165) is 23.5 Å². The van der Waals surface area contributed by atoms with Crippen molar-refractivity contribution in [2.45, 2.75) is 13.0 Å². The van der Waals surface area contributed by atoms with E-state index in [9.17, 15) is 9.59 Å². The minimum Gasteiger partial charge on any atom is -0.350 e. The third-order valence-electron chi connectivity index (χ3n) is 4.56. The minimum atomic E-state index is -0.277. The highest BCUT2D eigenvalue weighted by Crippen LogP contribution is 2.19. The van der Waals surface area contributed by atoms with Gasteiger partial charge in [-0.25, -0.2) is 0 Å². The molecule has 7 heteroatoms. The van der Waals surface area contributed by atoms with Crippen LogP contribution < -0.4 is 5.32 Å². The van der Waals surface area contributed by atoms with Gasteiger partial charge >= 0.3 is 0 Å². The van der Waals surface area contributed by atoms with Gasteiger partial charge in [-0.2, -0.15) is 5.10 Å². The molecule has 26 heavy (non-hydrogen) atoms. The van der Waals surface area contributed by atoms with E-state index < -0.39 is 0 Å². The van der Waals surface area contributed by atoms with Gasteiger partial charge < -0.3 is 15.1 Å². The van der Waals surface area contributed by atoms with Crippen LogP contribution >= 0.6 is 0 Å². The lowest BCUT2D eigenvalue weighted by atomic mass is 10.1. The Kier molecular flexibility index (Phi) is 5.68. The van der Waals surface area contributed by atoms with Gasteiger partial charge in [0.05, 0.1) is 23.9 Å².